The third-order valence-corrected chi connectivity index (χ3v) is 2.43. The van der Waals surface area contributed by atoms with E-state index in [0.29, 0.717) is 0 Å². The molecule has 1 aliphatic carbocycles. The maximum absolute atomic E-state index is 11.3. The minimum atomic E-state index is -0.464. The predicted molar refractivity (Wildman–Crippen MR) is 56.6 cm³/mol. The van der Waals surface area contributed by atoms with Gasteiger partial charge in [0.25, 0.3) is 0 Å². The summed E-state index contributed by atoms with van der Waals surface area (Å²) < 4.78 is 5.10. The van der Waals surface area contributed by atoms with Crippen LogP contribution >= 0.6 is 0 Å². The van der Waals surface area contributed by atoms with Crippen molar-refractivity contribution in [1.82, 2.24) is 5.32 Å². The van der Waals surface area contributed by atoms with Crippen LogP contribution in [0.15, 0.2) is 0 Å². The fraction of sp³-hybridized carbons (Fsp3) is 0.818. The van der Waals surface area contributed by atoms with Crippen LogP contribution in [0.5, 0.6) is 0 Å². The molecule has 0 saturated heterocycles. The molecule has 1 aliphatic rings. The summed E-state index contributed by atoms with van der Waals surface area (Å²) in [6, 6.07) is 0.105. The number of rotatable bonds is 2. The number of carbonyl (C=O) groups is 2. The summed E-state index contributed by atoms with van der Waals surface area (Å²) >= 11 is 0. The van der Waals surface area contributed by atoms with Gasteiger partial charge in [-0.05, 0) is 40.5 Å². The molecule has 1 N–H and O–H groups in total. The summed E-state index contributed by atoms with van der Waals surface area (Å²) in [5.74, 6) is 0.335. The van der Waals surface area contributed by atoms with Crippen molar-refractivity contribution in [2.24, 2.45) is 5.92 Å². The minimum absolute atomic E-state index is 0.105. The van der Waals surface area contributed by atoms with E-state index in [1.807, 2.05) is 20.8 Å². The number of alkyl carbamates (subject to hydrolysis) is 1. The van der Waals surface area contributed by atoms with Gasteiger partial charge in [-0.3, -0.25) is 4.79 Å². The molecule has 1 saturated carbocycles. The number of hydrogen-bond acceptors (Lipinski definition) is 3. The summed E-state index contributed by atoms with van der Waals surface area (Å²) in [7, 11) is 0. The number of ketones is 1. The Hall–Kier alpha value is -1.06. The van der Waals surface area contributed by atoms with Crippen LogP contribution in [-0.2, 0) is 9.53 Å². The topological polar surface area (TPSA) is 55.4 Å². The van der Waals surface area contributed by atoms with Crippen molar-refractivity contribution in [3.63, 3.8) is 0 Å². The molecule has 0 aromatic rings. The van der Waals surface area contributed by atoms with E-state index in [-0.39, 0.29) is 17.7 Å². The molecule has 0 spiro atoms. The maximum Gasteiger partial charge on any atom is 0.407 e. The zero-order valence-electron chi connectivity index (χ0n) is 9.79. The molecule has 0 aromatic heterocycles. The number of ether oxygens (including phenoxy) is 1. The first-order valence-electron chi connectivity index (χ1n) is 5.28. The molecule has 1 fully saturated rings. The van der Waals surface area contributed by atoms with Crippen LogP contribution in [0.25, 0.3) is 0 Å². The lowest BCUT2D eigenvalue weighted by Gasteiger charge is -2.34. The average molecular weight is 213 g/mol. The molecule has 0 radical (unpaired) electrons. The van der Waals surface area contributed by atoms with Crippen molar-refractivity contribution < 1.29 is 14.3 Å². The highest BCUT2D eigenvalue weighted by molar-refractivity contribution is 5.79. The van der Waals surface area contributed by atoms with Gasteiger partial charge in [0.05, 0.1) is 0 Å². The van der Waals surface area contributed by atoms with Gasteiger partial charge in [0.15, 0.2) is 0 Å². The minimum Gasteiger partial charge on any atom is -0.444 e. The Bertz CT molecular complexity index is 261. The second kappa shape index (κ2) is 4.21. The Morgan fingerprint density at radius 2 is 1.80 bits per heavy atom. The fourth-order valence-corrected chi connectivity index (χ4v) is 1.54. The zero-order chi connectivity index (χ0) is 11.6. The maximum atomic E-state index is 11.3. The van der Waals surface area contributed by atoms with Gasteiger partial charge in [0.1, 0.15) is 11.4 Å². The van der Waals surface area contributed by atoms with Crippen molar-refractivity contribution in [2.45, 2.75) is 52.2 Å². The smallest absolute Gasteiger partial charge is 0.407 e. The van der Waals surface area contributed by atoms with Gasteiger partial charge in [0, 0.05) is 12.0 Å². The third kappa shape index (κ3) is 3.90. The molecule has 86 valence electrons. The molecule has 1 amide bonds. The molecule has 15 heavy (non-hydrogen) atoms. The summed E-state index contributed by atoms with van der Waals surface area (Å²) in [6.07, 6.45) is 1.10. The predicted octanol–water partition coefficient (Wildman–Crippen LogP) is 1.88. The van der Waals surface area contributed by atoms with Gasteiger partial charge < -0.3 is 10.1 Å². The number of amides is 1. The molecule has 0 heterocycles. The Morgan fingerprint density at radius 1 is 1.27 bits per heavy atom. The lowest BCUT2D eigenvalue weighted by Crippen LogP contribution is -2.47. The summed E-state index contributed by atoms with van der Waals surface area (Å²) in [5, 5.41) is 2.74. The highest BCUT2D eigenvalue weighted by Crippen LogP contribution is 2.28. The first-order chi connectivity index (χ1) is 6.78. The van der Waals surface area contributed by atoms with Crippen molar-refractivity contribution in [1.29, 1.82) is 0 Å². The lowest BCUT2D eigenvalue weighted by atomic mass is 9.78. The van der Waals surface area contributed by atoms with Crippen molar-refractivity contribution >= 4 is 11.9 Å². The van der Waals surface area contributed by atoms with E-state index in [1.54, 1.807) is 6.92 Å². The highest BCUT2D eigenvalue weighted by Gasteiger charge is 2.34. The van der Waals surface area contributed by atoms with Gasteiger partial charge in [-0.1, -0.05) is 0 Å². The monoisotopic (exact) mass is 213 g/mol. The standard InChI is InChI=1S/C11H19NO3/c1-7(13)8-5-9(6-8)12-10(14)15-11(2,3)4/h8-9H,5-6H2,1-4H3,(H,12,14)/t8-,9-. The molecule has 0 unspecified atom stereocenters. The van der Waals surface area contributed by atoms with Crippen LogP contribution in [0, 0.1) is 5.92 Å². The Labute approximate surface area is 90.4 Å². The molecule has 4 nitrogen and oxygen atoms in total. The average Bonchev–Trinajstić information content (AvgIpc) is 1.91. The van der Waals surface area contributed by atoms with Crippen molar-refractivity contribution in [2.75, 3.05) is 0 Å². The van der Waals surface area contributed by atoms with E-state index >= 15 is 0 Å². The van der Waals surface area contributed by atoms with E-state index in [1.165, 1.54) is 0 Å². The second-order valence-electron chi connectivity index (χ2n) is 5.12. The van der Waals surface area contributed by atoms with Crippen molar-refractivity contribution in [3.8, 4) is 0 Å². The molecule has 4 heteroatoms. The molecule has 0 aromatic carbocycles. The summed E-state index contributed by atoms with van der Waals surface area (Å²) in [6.45, 7) is 7.07. The fourth-order valence-electron chi connectivity index (χ4n) is 1.54. The summed E-state index contributed by atoms with van der Waals surface area (Å²) in [5.41, 5.74) is -0.464. The van der Waals surface area contributed by atoms with E-state index in [9.17, 15) is 9.59 Å². The number of hydrogen-bond donors (Lipinski definition) is 1. The number of carbonyl (C=O) groups excluding carboxylic acids is 2. The highest BCUT2D eigenvalue weighted by atomic mass is 16.6. The Kier molecular flexibility index (Phi) is 3.37. The largest absolute Gasteiger partial charge is 0.444 e. The van der Waals surface area contributed by atoms with Crippen LogP contribution in [0.3, 0.4) is 0 Å². The van der Waals surface area contributed by atoms with Crippen LogP contribution < -0.4 is 5.32 Å². The molecule has 0 aliphatic heterocycles. The Balaban J connectivity index is 2.22. The van der Waals surface area contributed by atoms with Crippen LogP contribution in [0.2, 0.25) is 0 Å². The number of nitrogens with one attached hydrogen (secondary N) is 1. The normalized spacial score (nSPS) is 25.3. The summed E-state index contributed by atoms with van der Waals surface area (Å²) in [4.78, 5) is 22.3. The van der Waals surface area contributed by atoms with E-state index in [4.69, 9.17) is 4.74 Å². The van der Waals surface area contributed by atoms with Gasteiger partial charge in [0.2, 0.25) is 0 Å². The Morgan fingerprint density at radius 3 is 2.20 bits per heavy atom. The second-order valence-corrected chi connectivity index (χ2v) is 5.12. The van der Waals surface area contributed by atoms with E-state index in [0.717, 1.165) is 12.8 Å². The quantitative estimate of drug-likeness (QED) is 0.762. The molecule has 0 bridgehead atoms. The molecular formula is C11H19NO3. The van der Waals surface area contributed by atoms with Gasteiger partial charge in [-0.15, -0.1) is 0 Å². The van der Waals surface area contributed by atoms with E-state index in [2.05, 4.69) is 5.32 Å². The van der Waals surface area contributed by atoms with Crippen LogP contribution in [-0.4, -0.2) is 23.5 Å². The third-order valence-electron chi connectivity index (χ3n) is 2.43. The van der Waals surface area contributed by atoms with Gasteiger partial charge in [-0.25, -0.2) is 4.79 Å². The van der Waals surface area contributed by atoms with E-state index < -0.39 is 11.7 Å². The van der Waals surface area contributed by atoms with Gasteiger partial charge >= 0.3 is 6.09 Å². The van der Waals surface area contributed by atoms with Crippen LogP contribution in [0.4, 0.5) is 4.79 Å². The van der Waals surface area contributed by atoms with Gasteiger partial charge in [-0.2, -0.15) is 0 Å². The SMILES string of the molecule is CC(=O)[C@H]1C[C@H](NC(=O)OC(C)(C)C)C1. The first-order valence-corrected chi connectivity index (χ1v) is 5.28. The lowest BCUT2D eigenvalue weighted by molar-refractivity contribution is -0.123. The van der Waals surface area contributed by atoms with Crippen molar-refractivity contribution in [3.05, 3.63) is 0 Å². The first kappa shape index (κ1) is 12.0. The number of Topliss-reactive ketones (excluding diaryl/α,β-unsaturated/α-hetero) is 1. The van der Waals surface area contributed by atoms with Crippen LogP contribution in [0.1, 0.15) is 40.5 Å². The zero-order valence-corrected chi connectivity index (χ0v) is 9.79. The molecule has 1 rings (SSSR count). The molecule has 0 atom stereocenters. The molecular weight excluding hydrogens is 194 g/mol.